The van der Waals surface area contributed by atoms with Crippen LogP contribution >= 0.6 is 0 Å². The molecule has 0 amide bonds. The summed E-state index contributed by atoms with van der Waals surface area (Å²) in [5.41, 5.74) is 19.1. The van der Waals surface area contributed by atoms with Gasteiger partial charge in [-0.3, -0.25) is 0 Å². The standard InChI is InChI=1S/C25H17N3/c26-28-27-25-23-15-19-13-7-8-14-20(19)22(23)16-21(17-9-3-1-4-10-17)24(25)18-11-5-2-6-12-18/h1-14,16H,15H2. The molecule has 4 aromatic carbocycles. The van der Waals surface area contributed by atoms with E-state index >= 15 is 0 Å². The average Bonchev–Trinajstić information content (AvgIpc) is 3.14. The van der Waals surface area contributed by atoms with Gasteiger partial charge in [-0.15, -0.1) is 0 Å². The molecule has 0 N–H and O–H groups in total. The summed E-state index contributed by atoms with van der Waals surface area (Å²) >= 11 is 0. The lowest BCUT2D eigenvalue weighted by atomic mass is 9.88. The Labute approximate surface area is 163 Å². The predicted molar refractivity (Wildman–Crippen MR) is 114 cm³/mol. The van der Waals surface area contributed by atoms with E-state index in [9.17, 15) is 5.53 Å². The molecule has 0 saturated heterocycles. The highest BCUT2D eigenvalue weighted by atomic mass is 15.1. The lowest BCUT2D eigenvalue weighted by Gasteiger charge is -2.17. The molecular weight excluding hydrogens is 342 g/mol. The summed E-state index contributed by atoms with van der Waals surface area (Å²) in [6.07, 6.45) is 0.786. The van der Waals surface area contributed by atoms with Crippen molar-refractivity contribution >= 4 is 5.69 Å². The minimum absolute atomic E-state index is 0.737. The third-order valence-electron chi connectivity index (χ3n) is 5.37. The van der Waals surface area contributed by atoms with Gasteiger partial charge < -0.3 is 0 Å². The van der Waals surface area contributed by atoms with Gasteiger partial charge in [0.2, 0.25) is 0 Å². The molecular formula is C25H17N3. The van der Waals surface area contributed by atoms with E-state index in [4.69, 9.17) is 0 Å². The van der Waals surface area contributed by atoms with Crippen molar-refractivity contribution in [1.82, 2.24) is 0 Å². The Hall–Kier alpha value is -3.81. The number of rotatable bonds is 3. The van der Waals surface area contributed by atoms with Crippen LogP contribution in [0, 0.1) is 0 Å². The molecule has 4 aromatic rings. The second kappa shape index (κ2) is 6.73. The van der Waals surface area contributed by atoms with Crippen LogP contribution in [0.3, 0.4) is 0 Å². The van der Waals surface area contributed by atoms with Crippen molar-refractivity contribution in [3.63, 3.8) is 0 Å². The lowest BCUT2D eigenvalue weighted by molar-refractivity contribution is 1.24. The molecule has 0 aromatic heterocycles. The van der Waals surface area contributed by atoms with Gasteiger partial charge in [-0.05, 0) is 62.5 Å². The molecule has 3 nitrogen and oxygen atoms in total. The molecule has 0 heterocycles. The fourth-order valence-corrected chi connectivity index (χ4v) is 4.15. The summed E-state index contributed by atoms with van der Waals surface area (Å²) in [6.45, 7) is 0. The van der Waals surface area contributed by atoms with Gasteiger partial charge in [-0.25, -0.2) is 0 Å². The Balaban J connectivity index is 1.91. The van der Waals surface area contributed by atoms with Crippen LogP contribution in [0.5, 0.6) is 0 Å². The van der Waals surface area contributed by atoms with E-state index in [1.807, 2.05) is 36.4 Å². The average molecular weight is 359 g/mol. The zero-order valence-electron chi connectivity index (χ0n) is 15.2. The van der Waals surface area contributed by atoms with E-state index in [1.165, 1.54) is 11.1 Å². The molecule has 0 unspecified atom stereocenters. The summed E-state index contributed by atoms with van der Waals surface area (Å²) in [6, 6.07) is 31.2. The zero-order chi connectivity index (χ0) is 18.9. The summed E-state index contributed by atoms with van der Waals surface area (Å²) in [7, 11) is 0. The number of benzene rings is 4. The molecule has 5 rings (SSSR count). The molecule has 1 aliphatic carbocycles. The molecule has 0 radical (unpaired) electrons. The predicted octanol–water partition coefficient (Wildman–Crippen LogP) is 7.53. The molecule has 0 saturated carbocycles. The molecule has 0 spiro atoms. The molecule has 0 fully saturated rings. The molecule has 3 heteroatoms. The van der Waals surface area contributed by atoms with Crippen LogP contribution in [0.4, 0.5) is 5.69 Å². The quantitative estimate of drug-likeness (QED) is 0.181. The van der Waals surface area contributed by atoms with Crippen LogP contribution < -0.4 is 0 Å². The van der Waals surface area contributed by atoms with Crippen molar-refractivity contribution in [2.24, 2.45) is 5.11 Å². The van der Waals surface area contributed by atoms with E-state index < -0.39 is 0 Å². The first-order valence-electron chi connectivity index (χ1n) is 9.31. The van der Waals surface area contributed by atoms with Crippen molar-refractivity contribution in [2.75, 3.05) is 0 Å². The highest BCUT2D eigenvalue weighted by Gasteiger charge is 2.25. The van der Waals surface area contributed by atoms with Gasteiger partial charge >= 0.3 is 0 Å². The van der Waals surface area contributed by atoms with E-state index in [2.05, 4.69) is 64.6 Å². The Morgan fingerprint density at radius 3 is 2.04 bits per heavy atom. The maximum atomic E-state index is 9.36. The highest BCUT2D eigenvalue weighted by Crippen LogP contribution is 2.50. The molecule has 0 bridgehead atoms. The molecule has 0 atom stereocenters. The third-order valence-corrected chi connectivity index (χ3v) is 5.37. The third kappa shape index (κ3) is 2.58. The van der Waals surface area contributed by atoms with Crippen molar-refractivity contribution in [1.29, 1.82) is 0 Å². The van der Waals surface area contributed by atoms with Crippen LogP contribution in [-0.4, -0.2) is 0 Å². The summed E-state index contributed by atoms with van der Waals surface area (Å²) < 4.78 is 0. The SMILES string of the molecule is [N-]=[N+]=Nc1c2c(cc(-c3ccccc3)c1-c1ccccc1)-c1ccccc1C2. The van der Waals surface area contributed by atoms with Crippen LogP contribution in [0.2, 0.25) is 0 Å². The van der Waals surface area contributed by atoms with Gasteiger partial charge in [-0.2, -0.15) is 0 Å². The molecule has 0 aliphatic heterocycles. The largest absolute Gasteiger partial charge is 0.0622 e. The zero-order valence-corrected chi connectivity index (χ0v) is 15.2. The van der Waals surface area contributed by atoms with Crippen molar-refractivity contribution < 1.29 is 0 Å². The normalized spacial score (nSPS) is 11.4. The number of hydrogen-bond acceptors (Lipinski definition) is 1. The Morgan fingerprint density at radius 2 is 1.32 bits per heavy atom. The maximum Gasteiger partial charge on any atom is 0.0501 e. The second-order valence-corrected chi connectivity index (χ2v) is 6.93. The fourth-order valence-electron chi connectivity index (χ4n) is 4.15. The van der Waals surface area contributed by atoms with Gasteiger partial charge in [0.25, 0.3) is 0 Å². The van der Waals surface area contributed by atoms with Gasteiger partial charge in [0, 0.05) is 4.91 Å². The Bertz CT molecular complexity index is 1220. The number of azide groups is 1. The Kier molecular flexibility index (Phi) is 3.93. The smallest absolute Gasteiger partial charge is 0.0501 e. The second-order valence-electron chi connectivity index (χ2n) is 6.93. The van der Waals surface area contributed by atoms with E-state index in [0.29, 0.717) is 0 Å². The van der Waals surface area contributed by atoms with Crippen molar-refractivity contribution in [3.8, 4) is 33.4 Å². The van der Waals surface area contributed by atoms with E-state index in [-0.39, 0.29) is 0 Å². The molecule has 132 valence electrons. The summed E-state index contributed by atoms with van der Waals surface area (Å²) in [5, 5.41) is 4.20. The number of hydrogen-bond donors (Lipinski definition) is 0. The first-order valence-corrected chi connectivity index (χ1v) is 9.31. The molecule has 1 aliphatic rings. The number of nitrogens with zero attached hydrogens (tertiary/aromatic N) is 3. The van der Waals surface area contributed by atoms with Crippen LogP contribution in [0.1, 0.15) is 11.1 Å². The summed E-state index contributed by atoms with van der Waals surface area (Å²) in [4.78, 5) is 3.19. The molecule has 28 heavy (non-hydrogen) atoms. The Morgan fingerprint density at radius 1 is 0.679 bits per heavy atom. The van der Waals surface area contributed by atoms with Gasteiger partial charge in [0.1, 0.15) is 0 Å². The van der Waals surface area contributed by atoms with Crippen molar-refractivity contribution in [3.05, 3.63) is 113 Å². The van der Waals surface area contributed by atoms with E-state index in [0.717, 1.165) is 45.5 Å². The van der Waals surface area contributed by atoms with Gasteiger partial charge in [0.15, 0.2) is 0 Å². The first-order chi connectivity index (χ1) is 13.9. The fraction of sp³-hybridized carbons (Fsp3) is 0.0400. The summed E-state index contributed by atoms with van der Waals surface area (Å²) in [5.74, 6) is 0. The maximum absolute atomic E-state index is 9.36. The lowest BCUT2D eigenvalue weighted by Crippen LogP contribution is -1.92. The van der Waals surface area contributed by atoms with Crippen molar-refractivity contribution in [2.45, 2.75) is 6.42 Å². The minimum atomic E-state index is 0.737. The number of fused-ring (bicyclic) bond motifs is 3. The topological polar surface area (TPSA) is 48.8 Å². The monoisotopic (exact) mass is 359 g/mol. The van der Waals surface area contributed by atoms with Crippen LogP contribution in [0.15, 0.2) is 96.1 Å². The highest BCUT2D eigenvalue weighted by molar-refractivity contribution is 5.98. The van der Waals surface area contributed by atoms with E-state index in [1.54, 1.807) is 0 Å². The van der Waals surface area contributed by atoms with Crippen LogP contribution in [-0.2, 0) is 6.42 Å². The van der Waals surface area contributed by atoms with Gasteiger partial charge in [-0.1, -0.05) is 90.0 Å². The van der Waals surface area contributed by atoms with Gasteiger partial charge in [0.05, 0.1) is 5.69 Å². The first kappa shape index (κ1) is 16.4. The van der Waals surface area contributed by atoms with Crippen LogP contribution in [0.25, 0.3) is 43.8 Å². The minimum Gasteiger partial charge on any atom is -0.0622 e.